The van der Waals surface area contributed by atoms with Crippen LogP contribution < -0.4 is 5.32 Å². The monoisotopic (exact) mass is 305 g/mol. The van der Waals surface area contributed by atoms with Gasteiger partial charge in [0, 0.05) is 32.0 Å². The van der Waals surface area contributed by atoms with Crippen LogP contribution in [0.1, 0.15) is 44.1 Å². The van der Waals surface area contributed by atoms with Crippen molar-refractivity contribution >= 4 is 6.03 Å². The van der Waals surface area contributed by atoms with Crippen LogP contribution in [0, 0.1) is 5.92 Å². The van der Waals surface area contributed by atoms with Crippen LogP contribution in [0.15, 0.2) is 24.5 Å². The molecule has 1 aromatic rings. The number of rotatable bonds is 7. The SMILES string of the molecule is O=C(NCCO)N(CCC1CCCCC1)Cc1ccncc1. The number of aromatic nitrogens is 1. The Morgan fingerprint density at radius 1 is 1.27 bits per heavy atom. The molecule has 2 rings (SSSR count). The fraction of sp³-hybridized carbons (Fsp3) is 0.647. The molecule has 22 heavy (non-hydrogen) atoms. The van der Waals surface area contributed by atoms with Gasteiger partial charge in [-0.05, 0) is 30.0 Å². The van der Waals surface area contributed by atoms with Gasteiger partial charge in [0.2, 0.25) is 0 Å². The van der Waals surface area contributed by atoms with E-state index in [-0.39, 0.29) is 12.6 Å². The number of pyridine rings is 1. The number of aliphatic hydroxyl groups excluding tert-OH is 1. The normalized spacial score (nSPS) is 15.5. The van der Waals surface area contributed by atoms with Crippen molar-refractivity contribution in [3.8, 4) is 0 Å². The molecule has 1 aromatic heterocycles. The van der Waals surface area contributed by atoms with Gasteiger partial charge in [-0.2, -0.15) is 0 Å². The van der Waals surface area contributed by atoms with Crippen LogP contribution in [0.2, 0.25) is 0 Å². The molecule has 0 atom stereocenters. The van der Waals surface area contributed by atoms with E-state index in [0.717, 1.165) is 24.4 Å². The third-order valence-corrected chi connectivity index (χ3v) is 4.33. The molecule has 1 aliphatic rings. The summed E-state index contributed by atoms with van der Waals surface area (Å²) < 4.78 is 0. The Morgan fingerprint density at radius 3 is 2.68 bits per heavy atom. The molecule has 0 aromatic carbocycles. The number of carbonyl (C=O) groups is 1. The van der Waals surface area contributed by atoms with Gasteiger partial charge in [0.15, 0.2) is 0 Å². The molecule has 0 bridgehead atoms. The number of aliphatic hydroxyl groups is 1. The predicted octanol–water partition coefficient (Wildman–Crippen LogP) is 2.56. The molecule has 0 radical (unpaired) electrons. The van der Waals surface area contributed by atoms with E-state index in [1.807, 2.05) is 17.0 Å². The molecule has 0 aliphatic heterocycles. The van der Waals surface area contributed by atoms with Crippen molar-refractivity contribution in [2.75, 3.05) is 19.7 Å². The highest BCUT2D eigenvalue weighted by atomic mass is 16.3. The van der Waals surface area contributed by atoms with Gasteiger partial charge in [-0.25, -0.2) is 4.79 Å². The first-order valence-corrected chi connectivity index (χ1v) is 8.32. The lowest BCUT2D eigenvalue weighted by atomic mass is 9.87. The van der Waals surface area contributed by atoms with Gasteiger partial charge in [-0.15, -0.1) is 0 Å². The zero-order valence-corrected chi connectivity index (χ0v) is 13.2. The zero-order chi connectivity index (χ0) is 15.6. The minimum atomic E-state index is -0.0957. The maximum Gasteiger partial charge on any atom is 0.317 e. The lowest BCUT2D eigenvalue weighted by molar-refractivity contribution is 0.183. The van der Waals surface area contributed by atoms with Crippen molar-refractivity contribution in [1.82, 2.24) is 15.2 Å². The third-order valence-electron chi connectivity index (χ3n) is 4.33. The van der Waals surface area contributed by atoms with Crippen LogP contribution >= 0.6 is 0 Å². The minimum Gasteiger partial charge on any atom is -0.395 e. The Kier molecular flexibility index (Phi) is 7.16. The van der Waals surface area contributed by atoms with Gasteiger partial charge in [0.05, 0.1) is 6.61 Å². The fourth-order valence-corrected chi connectivity index (χ4v) is 3.05. The summed E-state index contributed by atoms with van der Waals surface area (Å²) >= 11 is 0. The van der Waals surface area contributed by atoms with Gasteiger partial charge < -0.3 is 15.3 Å². The Balaban J connectivity index is 1.89. The second-order valence-electron chi connectivity index (χ2n) is 6.03. The molecule has 2 amide bonds. The van der Waals surface area contributed by atoms with E-state index in [4.69, 9.17) is 5.11 Å². The summed E-state index contributed by atoms with van der Waals surface area (Å²) in [5, 5.41) is 11.6. The van der Waals surface area contributed by atoms with Gasteiger partial charge in [0.25, 0.3) is 0 Å². The van der Waals surface area contributed by atoms with Crippen LogP contribution in [0.4, 0.5) is 4.79 Å². The largest absolute Gasteiger partial charge is 0.395 e. The first-order valence-electron chi connectivity index (χ1n) is 8.32. The third kappa shape index (κ3) is 5.64. The van der Waals surface area contributed by atoms with E-state index in [1.165, 1.54) is 32.1 Å². The highest BCUT2D eigenvalue weighted by Gasteiger charge is 2.18. The number of nitrogens with one attached hydrogen (secondary N) is 1. The second kappa shape index (κ2) is 9.41. The van der Waals surface area contributed by atoms with E-state index in [2.05, 4.69) is 10.3 Å². The van der Waals surface area contributed by atoms with Crippen molar-refractivity contribution < 1.29 is 9.90 Å². The number of nitrogens with zero attached hydrogens (tertiary/aromatic N) is 2. The van der Waals surface area contributed by atoms with Crippen molar-refractivity contribution in [1.29, 1.82) is 0 Å². The molecule has 1 heterocycles. The van der Waals surface area contributed by atoms with E-state index < -0.39 is 0 Å². The second-order valence-corrected chi connectivity index (χ2v) is 6.03. The van der Waals surface area contributed by atoms with Gasteiger partial charge in [0.1, 0.15) is 0 Å². The number of urea groups is 1. The first kappa shape index (κ1) is 16.7. The van der Waals surface area contributed by atoms with Crippen LogP contribution in [0.3, 0.4) is 0 Å². The molecule has 2 N–H and O–H groups in total. The highest BCUT2D eigenvalue weighted by Crippen LogP contribution is 2.26. The zero-order valence-electron chi connectivity index (χ0n) is 13.2. The summed E-state index contributed by atoms with van der Waals surface area (Å²) in [5.74, 6) is 0.749. The number of carbonyl (C=O) groups excluding carboxylic acids is 1. The number of hydrogen-bond acceptors (Lipinski definition) is 3. The minimum absolute atomic E-state index is 0.0303. The molecule has 0 unspecified atom stereocenters. The lowest BCUT2D eigenvalue weighted by Crippen LogP contribution is -2.41. The molecule has 1 saturated carbocycles. The Morgan fingerprint density at radius 2 is 2.00 bits per heavy atom. The molecule has 1 aliphatic carbocycles. The van der Waals surface area contributed by atoms with Gasteiger partial charge in [-0.1, -0.05) is 32.1 Å². The van der Waals surface area contributed by atoms with Crippen LogP contribution in [0.25, 0.3) is 0 Å². The maximum atomic E-state index is 12.3. The summed E-state index contributed by atoms with van der Waals surface area (Å²) in [5.41, 5.74) is 1.08. The topological polar surface area (TPSA) is 65.5 Å². The van der Waals surface area contributed by atoms with Crippen LogP contribution in [-0.2, 0) is 6.54 Å². The molecule has 5 nitrogen and oxygen atoms in total. The molecule has 1 fully saturated rings. The molecule has 122 valence electrons. The standard InChI is InChI=1S/C17H27N3O2/c21-13-11-19-17(22)20(14-16-6-9-18-10-7-16)12-8-15-4-2-1-3-5-15/h6-7,9-10,15,21H,1-5,8,11-14H2,(H,19,22). The van der Waals surface area contributed by atoms with Crippen molar-refractivity contribution in [3.63, 3.8) is 0 Å². The first-order chi connectivity index (χ1) is 10.8. The predicted molar refractivity (Wildman–Crippen MR) is 86.3 cm³/mol. The Labute approximate surface area is 132 Å². The smallest absolute Gasteiger partial charge is 0.317 e. The quantitative estimate of drug-likeness (QED) is 0.813. The Hall–Kier alpha value is -1.62. The van der Waals surface area contributed by atoms with Gasteiger partial charge in [-0.3, -0.25) is 4.98 Å². The van der Waals surface area contributed by atoms with Crippen molar-refractivity contribution in [2.45, 2.75) is 45.1 Å². The van der Waals surface area contributed by atoms with Crippen molar-refractivity contribution in [3.05, 3.63) is 30.1 Å². The molecule has 5 heteroatoms. The molecular formula is C17H27N3O2. The summed E-state index contributed by atoms with van der Waals surface area (Å²) in [6.07, 6.45) is 11.2. The van der Waals surface area contributed by atoms with E-state index in [1.54, 1.807) is 12.4 Å². The fourth-order valence-electron chi connectivity index (χ4n) is 3.05. The summed E-state index contributed by atoms with van der Waals surface area (Å²) in [7, 11) is 0. The average molecular weight is 305 g/mol. The highest BCUT2D eigenvalue weighted by molar-refractivity contribution is 5.74. The lowest BCUT2D eigenvalue weighted by Gasteiger charge is -2.27. The average Bonchev–Trinajstić information content (AvgIpc) is 2.58. The Bertz CT molecular complexity index is 433. The maximum absolute atomic E-state index is 12.3. The van der Waals surface area contributed by atoms with Crippen LogP contribution in [0.5, 0.6) is 0 Å². The van der Waals surface area contributed by atoms with E-state index in [0.29, 0.717) is 13.1 Å². The summed E-state index contributed by atoms with van der Waals surface area (Å²) in [4.78, 5) is 18.1. The summed E-state index contributed by atoms with van der Waals surface area (Å²) in [6, 6.07) is 3.78. The van der Waals surface area contributed by atoms with E-state index in [9.17, 15) is 4.79 Å². The number of hydrogen-bond donors (Lipinski definition) is 2. The van der Waals surface area contributed by atoms with Gasteiger partial charge >= 0.3 is 6.03 Å². The molecular weight excluding hydrogens is 278 g/mol. The van der Waals surface area contributed by atoms with Crippen molar-refractivity contribution in [2.24, 2.45) is 5.92 Å². The number of amides is 2. The summed E-state index contributed by atoms with van der Waals surface area (Å²) in [6.45, 7) is 1.63. The van der Waals surface area contributed by atoms with Crippen LogP contribution in [-0.4, -0.2) is 40.7 Å². The molecule has 0 spiro atoms. The molecule has 0 saturated heterocycles. The van der Waals surface area contributed by atoms with E-state index >= 15 is 0 Å².